The Balaban J connectivity index is 1.93. The molecule has 0 aromatic heterocycles. The summed E-state index contributed by atoms with van der Waals surface area (Å²) < 4.78 is 31.9. The van der Waals surface area contributed by atoms with Crippen molar-refractivity contribution in [2.45, 2.75) is 24.2 Å². The maximum atomic E-state index is 12.8. The average molecular weight is 360 g/mol. The van der Waals surface area contributed by atoms with Gasteiger partial charge in [0.05, 0.1) is 22.4 Å². The summed E-state index contributed by atoms with van der Waals surface area (Å²) >= 11 is 6.01. The van der Waals surface area contributed by atoms with Crippen LogP contribution in [0.4, 0.5) is 0 Å². The van der Waals surface area contributed by atoms with Gasteiger partial charge in [0.25, 0.3) is 0 Å². The summed E-state index contributed by atoms with van der Waals surface area (Å²) in [6, 6.07) is 4.28. The molecule has 3 rings (SSSR count). The number of hydrogen-bond acceptors (Lipinski definition) is 4. The van der Waals surface area contributed by atoms with Crippen LogP contribution in [0.3, 0.4) is 0 Å². The lowest BCUT2D eigenvalue weighted by Gasteiger charge is -2.23. The highest BCUT2D eigenvalue weighted by Crippen LogP contribution is 2.50. The first-order valence-corrected chi connectivity index (χ1v) is 9.20. The Morgan fingerprint density at radius 2 is 2.22 bits per heavy atom. The molecule has 1 aliphatic heterocycles. The van der Waals surface area contributed by atoms with Crippen LogP contribution in [0.2, 0.25) is 5.02 Å². The molecule has 1 N–H and O–H groups in total. The lowest BCUT2D eigenvalue weighted by atomic mass is 9.81. The van der Waals surface area contributed by atoms with Gasteiger partial charge in [-0.25, -0.2) is 8.42 Å². The van der Waals surface area contributed by atoms with Crippen LogP contribution in [0.25, 0.3) is 0 Å². The third-order valence-electron chi connectivity index (χ3n) is 5.03. The second-order valence-electron chi connectivity index (χ2n) is 6.14. The summed E-state index contributed by atoms with van der Waals surface area (Å²) in [5, 5.41) is 9.79. The Bertz CT molecular complexity index is 750. The van der Waals surface area contributed by atoms with Crippen LogP contribution in [0.1, 0.15) is 19.3 Å². The molecule has 8 heteroatoms. The quantitative estimate of drug-likeness (QED) is 0.891. The molecule has 2 fully saturated rings. The summed E-state index contributed by atoms with van der Waals surface area (Å²) in [7, 11) is -2.32. The van der Waals surface area contributed by atoms with Gasteiger partial charge in [-0.2, -0.15) is 4.31 Å². The summed E-state index contributed by atoms with van der Waals surface area (Å²) in [6.45, 7) is 0.275. The van der Waals surface area contributed by atoms with Crippen molar-refractivity contribution in [3.8, 4) is 5.75 Å². The molecule has 1 aromatic carbocycles. The molecule has 2 atom stereocenters. The van der Waals surface area contributed by atoms with Gasteiger partial charge >= 0.3 is 5.97 Å². The Labute approximate surface area is 140 Å². The maximum absolute atomic E-state index is 12.8. The van der Waals surface area contributed by atoms with E-state index in [1.54, 1.807) is 0 Å². The number of halogens is 1. The number of methoxy groups -OCH3 is 1. The molecule has 0 radical (unpaired) electrons. The molecule has 0 unspecified atom stereocenters. The van der Waals surface area contributed by atoms with Crippen molar-refractivity contribution in [1.82, 2.24) is 4.31 Å². The zero-order valence-electron chi connectivity index (χ0n) is 12.7. The predicted molar refractivity (Wildman–Crippen MR) is 84.2 cm³/mol. The molecule has 1 saturated heterocycles. The third kappa shape index (κ3) is 2.51. The first-order valence-electron chi connectivity index (χ1n) is 7.38. The van der Waals surface area contributed by atoms with Crippen LogP contribution in [-0.2, 0) is 14.8 Å². The normalized spacial score (nSPS) is 27.8. The lowest BCUT2D eigenvalue weighted by Crippen LogP contribution is -2.37. The molecule has 1 aliphatic carbocycles. The Morgan fingerprint density at radius 1 is 1.48 bits per heavy atom. The van der Waals surface area contributed by atoms with Crippen LogP contribution in [0, 0.1) is 11.3 Å². The Hall–Kier alpha value is -1.31. The van der Waals surface area contributed by atoms with Gasteiger partial charge in [-0.3, -0.25) is 4.79 Å². The SMILES string of the molecule is COc1ccc(S(=O)(=O)N2C[C@@H]3CCC[C@@]3(C(=O)O)C2)cc1Cl. The monoisotopic (exact) mass is 359 g/mol. The minimum atomic E-state index is -3.77. The molecule has 1 heterocycles. The fraction of sp³-hybridized carbons (Fsp3) is 0.533. The Kier molecular flexibility index (Phi) is 4.06. The number of aliphatic carboxylic acids is 1. The zero-order chi connectivity index (χ0) is 16.8. The first-order chi connectivity index (χ1) is 10.8. The number of hydrogen-bond donors (Lipinski definition) is 1. The van der Waals surface area contributed by atoms with E-state index in [9.17, 15) is 18.3 Å². The van der Waals surface area contributed by atoms with E-state index in [4.69, 9.17) is 16.3 Å². The molecule has 1 aromatic rings. The van der Waals surface area contributed by atoms with E-state index in [2.05, 4.69) is 0 Å². The summed E-state index contributed by atoms with van der Waals surface area (Å²) in [5.74, 6) is -0.625. The van der Waals surface area contributed by atoms with Crippen molar-refractivity contribution in [2.75, 3.05) is 20.2 Å². The molecule has 0 bridgehead atoms. The van der Waals surface area contributed by atoms with E-state index in [1.807, 2.05) is 0 Å². The number of carboxylic acid groups (broad SMARTS) is 1. The highest BCUT2D eigenvalue weighted by molar-refractivity contribution is 7.89. The van der Waals surface area contributed by atoms with Crippen LogP contribution in [-0.4, -0.2) is 44.0 Å². The van der Waals surface area contributed by atoms with Crippen LogP contribution in [0.5, 0.6) is 5.75 Å². The van der Waals surface area contributed by atoms with Crippen LogP contribution >= 0.6 is 11.6 Å². The van der Waals surface area contributed by atoms with E-state index in [-0.39, 0.29) is 28.9 Å². The number of sulfonamides is 1. The van der Waals surface area contributed by atoms with Gasteiger partial charge in [-0.1, -0.05) is 18.0 Å². The number of fused-ring (bicyclic) bond motifs is 1. The van der Waals surface area contributed by atoms with Crippen molar-refractivity contribution in [3.05, 3.63) is 23.2 Å². The van der Waals surface area contributed by atoms with Gasteiger partial charge in [0.1, 0.15) is 5.75 Å². The number of carboxylic acids is 1. The van der Waals surface area contributed by atoms with Crippen LogP contribution < -0.4 is 4.74 Å². The van der Waals surface area contributed by atoms with Gasteiger partial charge < -0.3 is 9.84 Å². The van der Waals surface area contributed by atoms with E-state index in [1.165, 1.54) is 29.6 Å². The van der Waals surface area contributed by atoms with Crippen molar-refractivity contribution in [3.63, 3.8) is 0 Å². The Morgan fingerprint density at radius 3 is 2.78 bits per heavy atom. The topological polar surface area (TPSA) is 83.9 Å². The molecular formula is C15H18ClNO5S. The van der Waals surface area contributed by atoms with Crippen LogP contribution in [0.15, 0.2) is 23.1 Å². The minimum absolute atomic E-state index is 0.0268. The zero-order valence-corrected chi connectivity index (χ0v) is 14.2. The summed E-state index contributed by atoms with van der Waals surface area (Å²) in [6.07, 6.45) is 2.11. The first kappa shape index (κ1) is 16.5. The smallest absolute Gasteiger partial charge is 0.311 e. The molecule has 6 nitrogen and oxygen atoms in total. The highest BCUT2D eigenvalue weighted by atomic mass is 35.5. The van der Waals surface area contributed by atoms with Crippen molar-refractivity contribution >= 4 is 27.6 Å². The molecule has 2 aliphatic rings. The van der Waals surface area contributed by atoms with E-state index >= 15 is 0 Å². The summed E-state index contributed by atoms with van der Waals surface area (Å²) in [5.41, 5.74) is -0.941. The third-order valence-corrected chi connectivity index (χ3v) is 7.13. The molecular weight excluding hydrogens is 342 g/mol. The number of carbonyl (C=O) groups is 1. The molecule has 23 heavy (non-hydrogen) atoms. The number of nitrogens with zero attached hydrogens (tertiary/aromatic N) is 1. The minimum Gasteiger partial charge on any atom is -0.495 e. The van der Waals surface area contributed by atoms with Crippen molar-refractivity contribution in [1.29, 1.82) is 0 Å². The van der Waals surface area contributed by atoms with E-state index < -0.39 is 21.4 Å². The van der Waals surface area contributed by atoms with Gasteiger partial charge in [-0.05, 0) is 37.0 Å². The van der Waals surface area contributed by atoms with Crippen molar-refractivity contribution < 1.29 is 23.1 Å². The second-order valence-corrected chi connectivity index (χ2v) is 8.49. The lowest BCUT2D eigenvalue weighted by molar-refractivity contribution is -0.149. The fourth-order valence-electron chi connectivity index (χ4n) is 3.73. The number of ether oxygens (including phenoxy) is 1. The summed E-state index contributed by atoms with van der Waals surface area (Å²) in [4.78, 5) is 11.8. The molecule has 126 valence electrons. The largest absolute Gasteiger partial charge is 0.495 e. The standard InChI is InChI=1S/C15H18ClNO5S/c1-22-13-5-4-11(7-12(13)16)23(20,21)17-8-10-3-2-6-15(10,9-17)14(18)19/h4-5,7,10H,2-3,6,8-9H2,1H3,(H,18,19)/t10-,15+/m0/s1. The fourth-order valence-corrected chi connectivity index (χ4v) is 5.64. The second kappa shape index (κ2) is 5.65. The van der Waals surface area contributed by atoms with E-state index in [0.29, 0.717) is 12.2 Å². The number of rotatable bonds is 4. The van der Waals surface area contributed by atoms with Gasteiger partial charge in [0.2, 0.25) is 10.0 Å². The predicted octanol–water partition coefficient (Wildman–Crippen LogP) is 2.22. The number of benzene rings is 1. The highest BCUT2D eigenvalue weighted by Gasteiger charge is 2.57. The van der Waals surface area contributed by atoms with Gasteiger partial charge in [0.15, 0.2) is 0 Å². The van der Waals surface area contributed by atoms with E-state index in [0.717, 1.165) is 12.8 Å². The van der Waals surface area contributed by atoms with Crippen molar-refractivity contribution in [2.24, 2.45) is 11.3 Å². The molecule has 1 saturated carbocycles. The van der Waals surface area contributed by atoms with Gasteiger partial charge in [-0.15, -0.1) is 0 Å². The average Bonchev–Trinajstić information content (AvgIpc) is 3.05. The molecule has 0 amide bonds. The van der Waals surface area contributed by atoms with Gasteiger partial charge in [0, 0.05) is 13.1 Å². The maximum Gasteiger partial charge on any atom is 0.311 e. The molecule has 0 spiro atoms.